The maximum absolute atomic E-state index is 12.2. The minimum absolute atomic E-state index is 0.0238. The van der Waals surface area contributed by atoms with Crippen molar-refractivity contribution >= 4 is 5.91 Å². The van der Waals surface area contributed by atoms with E-state index in [1.165, 1.54) is 0 Å². The van der Waals surface area contributed by atoms with Gasteiger partial charge in [0.25, 0.3) is 5.91 Å². The van der Waals surface area contributed by atoms with Crippen LogP contribution in [0, 0.1) is 0 Å². The maximum Gasteiger partial charge on any atom is 0.253 e. The Bertz CT molecular complexity index is 520. The van der Waals surface area contributed by atoms with E-state index in [4.69, 9.17) is 4.74 Å². The largest absolute Gasteiger partial charge is 0.494 e. The first-order chi connectivity index (χ1) is 9.20. The number of rotatable bonds is 5. The van der Waals surface area contributed by atoms with Crippen LogP contribution in [0.25, 0.3) is 0 Å². The molecule has 0 aliphatic carbocycles. The average Bonchev–Trinajstić information content (AvgIpc) is 2.92. The summed E-state index contributed by atoms with van der Waals surface area (Å²) in [6.07, 6.45) is 3.49. The van der Waals surface area contributed by atoms with Gasteiger partial charge in [-0.2, -0.15) is 5.10 Å². The summed E-state index contributed by atoms with van der Waals surface area (Å²) in [6.45, 7) is 3.08. The molecule has 0 bridgehead atoms. The summed E-state index contributed by atoms with van der Waals surface area (Å²) in [6, 6.07) is 7.17. The third-order valence-electron chi connectivity index (χ3n) is 2.73. The van der Waals surface area contributed by atoms with Crippen LogP contribution in [0.2, 0.25) is 0 Å². The van der Waals surface area contributed by atoms with Gasteiger partial charge in [0, 0.05) is 30.9 Å². The number of hydrogen-bond acceptors (Lipinski definition) is 3. The molecule has 1 aromatic carbocycles. The fourth-order valence-electron chi connectivity index (χ4n) is 1.79. The molecule has 0 fully saturated rings. The molecule has 5 heteroatoms. The van der Waals surface area contributed by atoms with Crippen LogP contribution >= 0.6 is 0 Å². The summed E-state index contributed by atoms with van der Waals surface area (Å²) in [5, 5.41) is 6.59. The van der Waals surface area contributed by atoms with Crippen molar-refractivity contribution in [2.45, 2.75) is 13.5 Å². The molecule has 2 aromatic rings. The molecule has 0 spiro atoms. The van der Waals surface area contributed by atoms with Crippen LogP contribution in [0.4, 0.5) is 0 Å². The highest BCUT2D eigenvalue weighted by molar-refractivity contribution is 5.94. The first-order valence-electron chi connectivity index (χ1n) is 6.16. The van der Waals surface area contributed by atoms with E-state index in [1.807, 2.05) is 19.1 Å². The summed E-state index contributed by atoms with van der Waals surface area (Å²) in [5.74, 6) is 0.751. The second-order valence-corrected chi connectivity index (χ2v) is 4.23. The lowest BCUT2D eigenvalue weighted by atomic mass is 10.2. The van der Waals surface area contributed by atoms with E-state index in [2.05, 4.69) is 10.2 Å². The molecule has 0 aliphatic heterocycles. The summed E-state index contributed by atoms with van der Waals surface area (Å²) >= 11 is 0. The molecule has 1 aromatic heterocycles. The number of nitrogens with one attached hydrogen (secondary N) is 1. The Morgan fingerprint density at radius 1 is 1.37 bits per heavy atom. The summed E-state index contributed by atoms with van der Waals surface area (Å²) < 4.78 is 5.35. The minimum Gasteiger partial charge on any atom is -0.494 e. The van der Waals surface area contributed by atoms with Gasteiger partial charge >= 0.3 is 0 Å². The lowest BCUT2D eigenvalue weighted by Crippen LogP contribution is -2.25. The van der Waals surface area contributed by atoms with Gasteiger partial charge in [0.15, 0.2) is 0 Å². The van der Waals surface area contributed by atoms with Crippen molar-refractivity contribution in [2.24, 2.45) is 0 Å². The molecule has 1 amide bonds. The average molecular weight is 259 g/mol. The second-order valence-electron chi connectivity index (χ2n) is 4.23. The number of carbonyl (C=O) groups is 1. The van der Waals surface area contributed by atoms with Gasteiger partial charge in [0.2, 0.25) is 0 Å². The molecular formula is C14H17N3O2. The van der Waals surface area contributed by atoms with Crippen molar-refractivity contribution in [3.8, 4) is 5.75 Å². The first kappa shape index (κ1) is 13.1. The first-order valence-corrected chi connectivity index (χ1v) is 6.16. The van der Waals surface area contributed by atoms with Gasteiger partial charge in [-0.3, -0.25) is 9.89 Å². The standard InChI is InChI=1S/C14H17N3O2/c1-3-19-13-6-4-12(5-7-13)14(18)17(2)10-11-8-15-16-9-11/h4-9H,3,10H2,1-2H3,(H,15,16). The van der Waals surface area contributed by atoms with Gasteiger partial charge in [0.05, 0.1) is 12.8 Å². The molecule has 0 radical (unpaired) electrons. The molecule has 100 valence electrons. The maximum atomic E-state index is 12.2. The van der Waals surface area contributed by atoms with E-state index < -0.39 is 0 Å². The normalized spacial score (nSPS) is 10.2. The SMILES string of the molecule is CCOc1ccc(C(=O)N(C)Cc2cn[nH]c2)cc1. The molecule has 0 saturated carbocycles. The second kappa shape index (κ2) is 6.04. The fourth-order valence-corrected chi connectivity index (χ4v) is 1.79. The quantitative estimate of drug-likeness (QED) is 0.894. The van der Waals surface area contributed by atoms with Gasteiger partial charge in [-0.05, 0) is 31.2 Å². The Labute approximate surface area is 112 Å². The van der Waals surface area contributed by atoms with E-state index in [9.17, 15) is 4.79 Å². The highest BCUT2D eigenvalue weighted by Crippen LogP contribution is 2.14. The Balaban J connectivity index is 2.02. The highest BCUT2D eigenvalue weighted by Gasteiger charge is 2.12. The molecule has 5 nitrogen and oxygen atoms in total. The monoisotopic (exact) mass is 259 g/mol. The van der Waals surface area contributed by atoms with Crippen LogP contribution < -0.4 is 4.74 Å². The van der Waals surface area contributed by atoms with Crippen molar-refractivity contribution in [1.29, 1.82) is 0 Å². The summed E-state index contributed by atoms with van der Waals surface area (Å²) in [4.78, 5) is 13.8. The molecule has 0 atom stereocenters. The number of ether oxygens (including phenoxy) is 1. The number of benzene rings is 1. The predicted octanol–water partition coefficient (Wildman–Crippen LogP) is 2.08. The van der Waals surface area contributed by atoms with Crippen LogP contribution in [0.1, 0.15) is 22.8 Å². The number of amides is 1. The zero-order valence-electron chi connectivity index (χ0n) is 11.1. The Morgan fingerprint density at radius 3 is 2.68 bits per heavy atom. The molecule has 0 aliphatic rings. The van der Waals surface area contributed by atoms with Crippen LogP contribution in [-0.4, -0.2) is 34.7 Å². The van der Waals surface area contributed by atoms with Gasteiger partial charge in [-0.1, -0.05) is 0 Å². The molecular weight excluding hydrogens is 242 g/mol. The van der Waals surface area contributed by atoms with Crippen molar-refractivity contribution in [1.82, 2.24) is 15.1 Å². The van der Waals surface area contributed by atoms with Crippen LogP contribution in [0.3, 0.4) is 0 Å². The highest BCUT2D eigenvalue weighted by atomic mass is 16.5. The molecule has 1 N–H and O–H groups in total. The molecule has 0 unspecified atom stereocenters. The number of nitrogens with zero attached hydrogens (tertiary/aromatic N) is 2. The van der Waals surface area contributed by atoms with Gasteiger partial charge < -0.3 is 9.64 Å². The fraction of sp³-hybridized carbons (Fsp3) is 0.286. The van der Waals surface area contributed by atoms with Gasteiger partial charge in [-0.25, -0.2) is 0 Å². The smallest absolute Gasteiger partial charge is 0.253 e. The number of carbonyl (C=O) groups excluding carboxylic acids is 1. The van der Waals surface area contributed by atoms with E-state index in [-0.39, 0.29) is 5.91 Å². The summed E-state index contributed by atoms with van der Waals surface area (Å²) in [5.41, 5.74) is 1.62. The number of aromatic nitrogens is 2. The van der Waals surface area contributed by atoms with Crippen LogP contribution in [-0.2, 0) is 6.54 Å². The molecule has 1 heterocycles. The Kier molecular flexibility index (Phi) is 4.18. The Hall–Kier alpha value is -2.30. The zero-order chi connectivity index (χ0) is 13.7. The third kappa shape index (κ3) is 3.34. The number of hydrogen-bond donors (Lipinski definition) is 1. The zero-order valence-corrected chi connectivity index (χ0v) is 11.1. The Morgan fingerprint density at radius 2 is 2.11 bits per heavy atom. The van der Waals surface area contributed by atoms with E-state index >= 15 is 0 Å². The lowest BCUT2D eigenvalue weighted by molar-refractivity contribution is 0.0785. The molecule has 0 saturated heterocycles. The molecule has 19 heavy (non-hydrogen) atoms. The van der Waals surface area contributed by atoms with E-state index in [1.54, 1.807) is 36.5 Å². The van der Waals surface area contributed by atoms with Crippen molar-refractivity contribution in [3.63, 3.8) is 0 Å². The van der Waals surface area contributed by atoms with Crippen LogP contribution in [0.15, 0.2) is 36.7 Å². The van der Waals surface area contributed by atoms with E-state index in [0.29, 0.717) is 18.7 Å². The number of H-pyrrole nitrogens is 1. The van der Waals surface area contributed by atoms with Crippen molar-refractivity contribution in [2.75, 3.05) is 13.7 Å². The molecule has 2 rings (SSSR count). The van der Waals surface area contributed by atoms with E-state index in [0.717, 1.165) is 11.3 Å². The van der Waals surface area contributed by atoms with Crippen molar-refractivity contribution < 1.29 is 9.53 Å². The van der Waals surface area contributed by atoms with Gasteiger partial charge in [-0.15, -0.1) is 0 Å². The minimum atomic E-state index is -0.0238. The van der Waals surface area contributed by atoms with Crippen LogP contribution in [0.5, 0.6) is 5.75 Å². The van der Waals surface area contributed by atoms with Crippen molar-refractivity contribution in [3.05, 3.63) is 47.8 Å². The number of aromatic amines is 1. The predicted molar refractivity (Wildman–Crippen MR) is 72.0 cm³/mol. The van der Waals surface area contributed by atoms with Gasteiger partial charge in [0.1, 0.15) is 5.75 Å². The topological polar surface area (TPSA) is 58.2 Å². The lowest BCUT2D eigenvalue weighted by Gasteiger charge is -2.16. The third-order valence-corrected chi connectivity index (χ3v) is 2.73. The summed E-state index contributed by atoms with van der Waals surface area (Å²) in [7, 11) is 1.77.